The molecule has 0 saturated carbocycles. The average Bonchev–Trinajstić information content (AvgIpc) is 2.50. The first-order valence-electron chi connectivity index (χ1n) is 4.49. The minimum atomic E-state index is -4.60. The Morgan fingerprint density at radius 2 is 2.13 bits per heavy atom. The number of hydrogen-bond acceptors (Lipinski definition) is 2. The Hall–Kier alpha value is -0.850. The van der Waals surface area contributed by atoms with E-state index < -0.39 is 24.3 Å². The predicted octanol–water partition coefficient (Wildman–Crippen LogP) is 0.707. The molecule has 1 saturated heterocycles. The molecule has 1 heterocycles. The largest absolute Gasteiger partial charge is 0.383 e. The summed E-state index contributed by atoms with van der Waals surface area (Å²) in [6.45, 7) is 1.07. The summed E-state index contributed by atoms with van der Waals surface area (Å²) < 4.78 is 48.6. The van der Waals surface area contributed by atoms with Gasteiger partial charge in [-0.05, 0) is 20.0 Å². The molecular formula is C8H12F4N2O. The molecule has 88 valence electrons. The molecule has 0 aromatic carbocycles. The first-order valence-corrected chi connectivity index (χ1v) is 4.49. The maximum absolute atomic E-state index is 12.5. The van der Waals surface area contributed by atoms with Crippen LogP contribution in [-0.2, 0) is 4.79 Å². The molecule has 1 amide bonds. The van der Waals surface area contributed by atoms with Gasteiger partial charge in [0, 0.05) is 12.6 Å². The third-order valence-electron chi connectivity index (χ3n) is 2.30. The molecule has 1 rings (SSSR count). The van der Waals surface area contributed by atoms with E-state index in [0.29, 0.717) is 19.5 Å². The molecule has 1 N–H and O–H groups in total. The molecule has 1 atom stereocenters. The summed E-state index contributed by atoms with van der Waals surface area (Å²) in [5.74, 6) is -6.49. The smallest absolute Gasteiger partial charge is 0.347 e. The van der Waals surface area contributed by atoms with Crippen molar-refractivity contribution in [2.24, 2.45) is 0 Å². The summed E-state index contributed by atoms with van der Waals surface area (Å²) in [7, 11) is 1.76. The summed E-state index contributed by atoms with van der Waals surface area (Å²) in [6.07, 6.45) is -3.46. The Morgan fingerprint density at radius 1 is 1.53 bits per heavy atom. The number of carbonyl (C=O) groups excluding carboxylic acids is 1. The normalized spacial score (nSPS) is 23.5. The Bertz CT molecular complexity index is 247. The zero-order valence-electron chi connectivity index (χ0n) is 8.14. The van der Waals surface area contributed by atoms with Crippen LogP contribution in [0.1, 0.15) is 6.42 Å². The van der Waals surface area contributed by atoms with Crippen LogP contribution in [-0.4, -0.2) is 49.3 Å². The van der Waals surface area contributed by atoms with Crippen LogP contribution in [0.3, 0.4) is 0 Å². The van der Waals surface area contributed by atoms with Crippen molar-refractivity contribution in [3.05, 3.63) is 0 Å². The minimum absolute atomic E-state index is 0.408. The SMILES string of the molecule is CN1CCC(NC(=O)C(F)(F)C(F)F)C1. The lowest BCUT2D eigenvalue weighted by Crippen LogP contribution is -2.49. The van der Waals surface area contributed by atoms with E-state index in [1.807, 2.05) is 10.2 Å². The minimum Gasteiger partial charge on any atom is -0.347 e. The third kappa shape index (κ3) is 2.80. The van der Waals surface area contributed by atoms with Gasteiger partial charge in [0.2, 0.25) is 0 Å². The van der Waals surface area contributed by atoms with E-state index in [4.69, 9.17) is 0 Å². The van der Waals surface area contributed by atoms with E-state index in [-0.39, 0.29) is 0 Å². The molecule has 15 heavy (non-hydrogen) atoms. The number of nitrogens with one attached hydrogen (secondary N) is 1. The Balaban J connectivity index is 2.48. The van der Waals surface area contributed by atoms with Gasteiger partial charge in [-0.2, -0.15) is 8.78 Å². The van der Waals surface area contributed by atoms with Crippen LogP contribution in [0.15, 0.2) is 0 Å². The summed E-state index contributed by atoms with van der Waals surface area (Å²) in [5, 5.41) is 1.92. The highest BCUT2D eigenvalue weighted by Crippen LogP contribution is 2.23. The molecule has 0 aliphatic carbocycles. The van der Waals surface area contributed by atoms with Crippen molar-refractivity contribution >= 4 is 5.91 Å². The van der Waals surface area contributed by atoms with Crippen LogP contribution in [0, 0.1) is 0 Å². The van der Waals surface area contributed by atoms with Crippen molar-refractivity contribution in [3.63, 3.8) is 0 Å². The molecular weight excluding hydrogens is 216 g/mol. The van der Waals surface area contributed by atoms with E-state index in [9.17, 15) is 22.4 Å². The summed E-state index contributed by atoms with van der Waals surface area (Å²) in [4.78, 5) is 12.6. The number of likely N-dealkylation sites (tertiary alicyclic amines) is 1. The van der Waals surface area contributed by atoms with Crippen molar-refractivity contribution in [1.82, 2.24) is 10.2 Å². The first-order chi connectivity index (χ1) is 6.84. The molecule has 3 nitrogen and oxygen atoms in total. The van der Waals surface area contributed by atoms with Crippen LogP contribution >= 0.6 is 0 Å². The van der Waals surface area contributed by atoms with Crippen molar-refractivity contribution in [2.75, 3.05) is 20.1 Å². The molecule has 0 radical (unpaired) electrons. The lowest BCUT2D eigenvalue weighted by atomic mass is 10.2. The highest BCUT2D eigenvalue weighted by Gasteiger charge is 2.49. The third-order valence-corrected chi connectivity index (χ3v) is 2.30. The fourth-order valence-corrected chi connectivity index (χ4v) is 1.43. The zero-order chi connectivity index (χ0) is 11.6. The summed E-state index contributed by atoms with van der Waals surface area (Å²) in [6, 6.07) is -0.466. The Morgan fingerprint density at radius 3 is 2.53 bits per heavy atom. The van der Waals surface area contributed by atoms with Crippen LogP contribution in [0.5, 0.6) is 0 Å². The molecule has 0 bridgehead atoms. The number of alkyl halides is 4. The monoisotopic (exact) mass is 228 g/mol. The van der Waals surface area contributed by atoms with Crippen molar-refractivity contribution in [2.45, 2.75) is 24.8 Å². The highest BCUT2D eigenvalue weighted by molar-refractivity contribution is 5.84. The molecule has 1 aliphatic rings. The Kier molecular flexibility index (Phi) is 3.54. The highest BCUT2D eigenvalue weighted by atomic mass is 19.3. The number of likely N-dealkylation sites (N-methyl/N-ethyl adjacent to an activating group) is 1. The lowest BCUT2D eigenvalue weighted by molar-refractivity contribution is -0.170. The van der Waals surface area contributed by atoms with Gasteiger partial charge in [0.25, 0.3) is 5.91 Å². The fourth-order valence-electron chi connectivity index (χ4n) is 1.43. The molecule has 7 heteroatoms. The maximum atomic E-state index is 12.5. The van der Waals surface area contributed by atoms with E-state index in [2.05, 4.69) is 0 Å². The van der Waals surface area contributed by atoms with Crippen molar-refractivity contribution in [3.8, 4) is 0 Å². The van der Waals surface area contributed by atoms with Gasteiger partial charge in [0.15, 0.2) is 0 Å². The van der Waals surface area contributed by atoms with Gasteiger partial charge < -0.3 is 10.2 Å². The van der Waals surface area contributed by atoms with Crippen molar-refractivity contribution < 1.29 is 22.4 Å². The maximum Gasteiger partial charge on any atom is 0.383 e. The molecule has 0 aromatic heterocycles. The van der Waals surface area contributed by atoms with E-state index in [1.54, 1.807) is 7.05 Å². The van der Waals surface area contributed by atoms with Crippen LogP contribution < -0.4 is 5.32 Å². The molecule has 1 unspecified atom stereocenters. The second kappa shape index (κ2) is 4.34. The number of halogens is 4. The van der Waals surface area contributed by atoms with Crippen molar-refractivity contribution in [1.29, 1.82) is 0 Å². The second-order valence-corrected chi connectivity index (χ2v) is 3.64. The number of rotatable bonds is 3. The molecule has 0 spiro atoms. The van der Waals surface area contributed by atoms with E-state index >= 15 is 0 Å². The van der Waals surface area contributed by atoms with Crippen LogP contribution in [0.25, 0.3) is 0 Å². The van der Waals surface area contributed by atoms with E-state index in [1.165, 1.54) is 0 Å². The van der Waals surface area contributed by atoms with Gasteiger partial charge in [-0.3, -0.25) is 4.79 Å². The molecule has 0 aromatic rings. The van der Waals surface area contributed by atoms with Gasteiger partial charge in [0.05, 0.1) is 0 Å². The predicted molar refractivity (Wildman–Crippen MR) is 45.0 cm³/mol. The topological polar surface area (TPSA) is 32.3 Å². The standard InChI is InChI=1S/C8H12F4N2O/c1-14-3-2-5(4-14)13-7(15)8(11,12)6(9)10/h5-6H,2-4H2,1H3,(H,13,15). The fraction of sp³-hybridized carbons (Fsp3) is 0.875. The summed E-state index contributed by atoms with van der Waals surface area (Å²) >= 11 is 0. The van der Waals surface area contributed by atoms with Gasteiger partial charge in [-0.15, -0.1) is 0 Å². The second-order valence-electron chi connectivity index (χ2n) is 3.64. The van der Waals surface area contributed by atoms with Crippen LogP contribution in [0.2, 0.25) is 0 Å². The Labute approximate surface area is 84.4 Å². The van der Waals surface area contributed by atoms with Gasteiger partial charge in [0.1, 0.15) is 0 Å². The first kappa shape index (κ1) is 12.2. The molecule has 1 aliphatic heterocycles. The quantitative estimate of drug-likeness (QED) is 0.721. The number of nitrogens with zero attached hydrogens (tertiary/aromatic N) is 1. The van der Waals surface area contributed by atoms with Crippen LogP contribution in [0.4, 0.5) is 17.6 Å². The van der Waals surface area contributed by atoms with Gasteiger partial charge >= 0.3 is 12.3 Å². The number of amides is 1. The molecule has 1 fully saturated rings. The number of carbonyl (C=O) groups is 1. The van der Waals surface area contributed by atoms with E-state index in [0.717, 1.165) is 0 Å². The summed E-state index contributed by atoms with van der Waals surface area (Å²) in [5.41, 5.74) is 0. The zero-order valence-corrected chi connectivity index (χ0v) is 8.14. The average molecular weight is 228 g/mol. The number of hydrogen-bond donors (Lipinski definition) is 1. The lowest BCUT2D eigenvalue weighted by Gasteiger charge is -2.18. The van der Waals surface area contributed by atoms with Gasteiger partial charge in [-0.1, -0.05) is 0 Å². The van der Waals surface area contributed by atoms with Gasteiger partial charge in [-0.25, -0.2) is 8.78 Å².